The van der Waals surface area contributed by atoms with Gasteiger partial charge in [0.25, 0.3) is 0 Å². The summed E-state index contributed by atoms with van der Waals surface area (Å²) < 4.78 is 2.08. The summed E-state index contributed by atoms with van der Waals surface area (Å²) in [6.45, 7) is 2.15. The van der Waals surface area contributed by atoms with Crippen LogP contribution in [-0.4, -0.2) is 4.98 Å². The summed E-state index contributed by atoms with van der Waals surface area (Å²) in [5.41, 5.74) is 3.27. The molecule has 0 fully saturated rings. The van der Waals surface area contributed by atoms with Crippen LogP contribution in [0.3, 0.4) is 0 Å². The molecule has 0 aliphatic rings. The first-order chi connectivity index (χ1) is 10.1. The molecule has 4 heteroatoms. The summed E-state index contributed by atoms with van der Waals surface area (Å²) in [4.78, 5) is 4.53. The molecule has 0 saturated carbocycles. The van der Waals surface area contributed by atoms with E-state index in [2.05, 4.69) is 85.5 Å². The van der Waals surface area contributed by atoms with Gasteiger partial charge in [0.15, 0.2) is 0 Å². The molecule has 0 aliphatic heterocycles. The molecule has 0 saturated heterocycles. The van der Waals surface area contributed by atoms with Gasteiger partial charge < -0.3 is 5.32 Å². The van der Waals surface area contributed by atoms with Crippen molar-refractivity contribution < 1.29 is 0 Å². The molecular weight excluding hydrogens is 392 g/mol. The van der Waals surface area contributed by atoms with Crippen LogP contribution in [0.2, 0.25) is 0 Å². The monoisotopic (exact) mass is 404 g/mol. The number of halogens is 2. The topological polar surface area (TPSA) is 24.9 Å². The average molecular weight is 406 g/mol. The molecule has 0 bridgehead atoms. The number of aromatic nitrogens is 1. The maximum atomic E-state index is 4.53. The van der Waals surface area contributed by atoms with E-state index in [1.54, 1.807) is 0 Å². The van der Waals surface area contributed by atoms with Gasteiger partial charge in [-0.15, -0.1) is 0 Å². The third-order valence-electron chi connectivity index (χ3n) is 3.40. The SMILES string of the molecule is CC(Nc1cccc2cc(Br)cnc12)c1cccc(Br)c1. The number of para-hydroxylation sites is 1. The fourth-order valence-corrected chi connectivity index (χ4v) is 3.11. The number of rotatable bonds is 3. The van der Waals surface area contributed by atoms with Crippen LogP contribution < -0.4 is 5.32 Å². The maximum absolute atomic E-state index is 4.53. The fraction of sp³-hybridized carbons (Fsp3) is 0.118. The van der Waals surface area contributed by atoms with E-state index < -0.39 is 0 Å². The highest BCUT2D eigenvalue weighted by Gasteiger charge is 2.09. The molecule has 2 nitrogen and oxygen atoms in total. The van der Waals surface area contributed by atoms with Crippen LogP contribution in [0, 0.1) is 0 Å². The van der Waals surface area contributed by atoms with Gasteiger partial charge in [0, 0.05) is 26.6 Å². The van der Waals surface area contributed by atoms with Gasteiger partial charge in [0.05, 0.1) is 11.2 Å². The Labute approximate surface area is 140 Å². The van der Waals surface area contributed by atoms with Gasteiger partial charge in [0.2, 0.25) is 0 Å². The Morgan fingerprint density at radius 1 is 1.00 bits per heavy atom. The Kier molecular flexibility index (Phi) is 4.27. The molecule has 106 valence electrons. The van der Waals surface area contributed by atoms with Crippen molar-refractivity contribution in [2.24, 2.45) is 0 Å². The first-order valence-corrected chi connectivity index (χ1v) is 8.28. The summed E-state index contributed by atoms with van der Waals surface area (Å²) in [5, 5.41) is 4.67. The lowest BCUT2D eigenvalue weighted by molar-refractivity contribution is 0.885. The largest absolute Gasteiger partial charge is 0.377 e. The number of nitrogens with one attached hydrogen (secondary N) is 1. The molecule has 0 spiro atoms. The summed E-state index contributed by atoms with van der Waals surface area (Å²) >= 11 is 6.98. The predicted molar refractivity (Wildman–Crippen MR) is 95.6 cm³/mol. The van der Waals surface area contributed by atoms with E-state index in [1.807, 2.05) is 18.3 Å². The van der Waals surface area contributed by atoms with E-state index in [0.717, 1.165) is 25.5 Å². The summed E-state index contributed by atoms with van der Waals surface area (Å²) in [6.07, 6.45) is 1.83. The van der Waals surface area contributed by atoms with Crippen molar-refractivity contribution in [1.82, 2.24) is 4.98 Å². The molecular formula is C17H14Br2N2. The Morgan fingerprint density at radius 2 is 1.81 bits per heavy atom. The Morgan fingerprint density at radius 3 is 2.62 bits per heavy atom. The molecule has 0 aliphatic carbocycles. The number of anilines is 1. The number of hydrogen-bond donors (Lipinski definition) is 1. The zero-order valence-corrected chi connectivity index (χ0v) is 14.6. The maximum Gasteiger partial charge on any atom is 0.0934 e. The Hall–Kier alpha value is -1.39. The van der Waals surface area contributed by atoms with E-state index in [0.29, 0.717) is 0 Å². The number of pyridine rings is 1. The number of hydrogen-bond acceptors (Lipinski definition) is 2. The second-order valence-electron chi connectivity index (χ2n) is 4.95. The lowest BCUT2D eigenvalue weighted by Crippen LogP contribution is -2.07. The van der Waals surface area contributed by atoms with Crippen molar-refractivity contribution in [3.8, 4) is 0 Å². The summed E-state index contributed by atoms with van der Waals surface area (Å²) in [7, 11) is 0. The van der Waals surface area contributed by atoms with E-state index in [4.69, 9.17) is 0 Å². The van der Waals surface area contributed by atoms with Crippen molar-refractivity contribution in [1.29, 1.82) is 0 Å². The smallest absolute Gasteiger partial charge is 0.0934 e. The molecule has 0 amide bonds. The van der Waals surface area contributed by atoms with Crippen LogP contribution in [0.4, 0.5) is 5.69 Å². The molecule has 2 aromatic carbocycles. The fourth-order valence-electron chi connectivity index (χ4n) is 2.34. The van der Waals surface area contributed by atoms with Crippen LogP contribution in [0.5, 0.6) is 0 Å². The number of nitrogens with zero attached hydrogens (tertiary/aromatic N) is 1. The number of benzene rings is 2. The van der Waals surface area contributed by atoms with Crippen molar-refractivity contribution in [2.45, 2.75) is 13.0 Å². The number of fused-ring (bicyclic) bond motifs is 1. The van der Waals surface area contributed by atoms with E-state index in [-0.39, 0.29) is 6.04 Å². The van der Waals surface area contributed by atoms with Gasteiger partial charge >= 0.3 is 0 Å². The molecule has 1 aromatic heterocycles. The van der Waals surface area contributed by atoms with Gasteiger partial charge in [-0.1, -0.05) is 40.2 Å². The van der Waals surface area contributed by atoms with Crippen LogP contribution in [0.1, 0.15) is 18.5 Å². The summed E-state index contributed by atoms with van der Waals surface area (Å²) in [6, 6.07) is 16.8. The average Bonchev–Trinajstić information content (AvgIpc) is 2.47. The van der Waals surface area contributed by atoms with Crippen molar-refractivity contribution >= 4 is 48.5 Å². The van der Waals surface area contributed by atoms with E-state index in [1.165, 1.54) is 5.56 Å². The van der Waals surface area contributed by atoms with Crippen LogP contribution in [0.15, 0.2) is 63.7 Å². The third-order valence-corrected chi connectivity index (χ3v) is 4.33. The molecule has 1 atom stereocenters. The summed E-state index contributed by atoms with van der Waals surface area (Å²) in [5.74, 6) is 0. The first kappa shape index (κ1) is 14.5. The first-order valence-electron chi connectivity index (χ1n) is 6.70. The highest BCUT2D eigenvalue weighted by molar-refractivity contribution is 9.10. The predicted octanol–water partition coefficient (Wildman–Crippen LogP) is 5.93. The molecule has 3 rings (SSSR count). The zero-order valence-electron chi connectivity index (χ0n) is 11.5. The molecule has 0 radical (unpaired) electrons. The molecule has 21 heavy (non-hydrogen) atoms. The standard InChI is InChI=1S/C17H14Br2N2/c1-11(12-4-2-6-14(18)8-12)21-16-7-3-5-13-9-15(19)10-20-17(13)16/h2-11,21H,1H3. The second-order valence-corrected chi connectivity index (χ2v) is 6.78. The highest BCUT2D eigenvalue weighted by Crippen LogP contribution is 2.28. The molecule has 1 unspecified atom stereocenters. The van der Waals surface area contributed by atoms with Crippen molar-refractivity contribution in [3.63, 3.8) is 0 Å². The zero-order chi connectivity index (χ0) is 14.8. The minimum absolute atomic E-state index is 0.207. The third kappa shape index (κ3) is 3.27. The van der Waals surface area contributed by atoms with Gasteiger partial charge in [-0.05, 0) is 52.7 Å². The molecule has 1 N–H and O–H groups in total. The quantitative estimate of drug-likeness (QED) is 0.583. The van der Waals surface area contributed by atoms with Crippen LogP contribution in [0.25, 0.3) is 10.9 Å². The van der Waals surface area contributed by atoms with Crippen molar-refractivity contribution in [3.05, 3.63) is 69.2 Å². The minimum Gasteiger partial charge on any atom is -0.377 e. The van der Waals surface area contributed by atoms with Gasteiger partial charge in [0.1, 0.15) is 0 Å². The van der Waals surface area contributed by atoms with Crippen LogP contribution >= 0.6 is 31.9 Å². The van der Waals surface area contributed by atoms with Crippen molar-refractivity contribution in [2.75, 3.05) is 5.32 Å². The lowest BCUT2D eigenvalue weighted by Gasteiger charge is -2.17. The minimum atomic E-state index is 0.207. The van der Waals surface area contributed by atoms with Gasteiger partial charge in [-0.3, -0.25) is 4.98 Å². The van der Waals surface area contributed by atoms with E-state index in [9.17, 15) is 0 Å². The second kappa shape index (κ2) is 6.16. The Bertz CT molecular complexity index is 787. The van der Waals surface area contributed by atoms with E-state index >= 15 is 0 Å². The Balaban J connectivity index is 1.94. The highest BCUT2D eigenvalue weighted by atomic mass is 79.9. The molecule has 1 heterocycles. The van der Waals surface area contributed by atoms with Crippen LogP contribution in [-0.2, 0) is 0 Å². The molecule has 3 aromatic rings. The lowest BCUT2D eigenvalue weighted by atomic mass is 10.1. The van der Waals surface area contributed by atoms with Gasteiger partial charge in [-0.25, -0.2) is 0 Å². The normalized spacial score (nSPS) is 12.3. The van der Waals surface area contributed by atoms with Gasteiger partial charge in [-0.2, -0.15) is 0 Å².